The predicted octanol–water partition coefficient (Wildman–Crippen LogP) is 4.10. The summed E-state index contributed by atoms with van der Waals surface area (Å²) >= 11 is 0. The van der Waals surface area contributed by atoms with Crippen molar-refractivity contribution in [1.29, 1.82) is 0 Å². The Kier molecular flexibility index (Phi) is 12.6. The number of carboxylic acid groups (broad SMARTS) is 1. The molecule has 2 aliphatic rings. The van der Waals surface area contributed by atoms with E-state index in [0.717, 1.165) is 11.3 Å². The maximum atomic E-state index is 13.2. The smallest absolute Gasteiger partial charge is 0.308 e. The number of allylic oxidation sites excluding steroid dienone is 2. The lowest BCUT2D eigenvalue weighted by molar-refractivity contribution is -0.157. The number of aliphatic hydroxyl groups excluding tert-OH is 2. The first-order chi connectivity index (χ1) is 20.0. The maximum absolute atomic E-state index is 13.2. The summed E-state index contributed by atoms with van der Waals surface area (Å²) in [5.41, 5.74) is 5.20. The van der Waals surface area contributed by atoms with E-state index in [1.54, 1.807) is 6.08 Å². The number of para-hydroxylation sites is 1. The molecule has 42 heavy (non-hydrogen) atoms. The number of carbonyl (C=O) groups is 3. The number of benzene rings is 1. The number of hydrogen-bond acceptors (Lipinski definition) is 9. The molecule has 0 aromatic heterocycles. The first-order valence-electron chi connectivity index (χ1n) is 14.9. The van der Waals surface area contributed by atoms with Crippen molar-refractivity contribution in [3.05, 3.63) is 53.3 Å². The zero-order chi connectivity index (χ0) is 30.8. The molecule has 232 valence electrons. The quantitative estimate of drug-likeness (QED) is 0.164. The Bertz CT molecular complexity index is 1150. The van der Waals surface area contributed by atoms with Gasteiger partial charge in [-0.25, -0.2) is 0 Å². The highest BCUT2D eigenvalue weighted by Crippen LogP contribution is 2.45. The number of aliphatic carboxylic acids is 1. The molecule has 0 heterocycles. The summed E-state index contributed by atoms with van der Waals surface area (Å²) in [6.07, 6.45) is 2.07. The number of hydroxylamine groups is 1. The van der Waals surface area contributed by atoms with E-state index in [1.165, 1.54) is 0 Å². The Labute approximate surface area is 247 Å². The van der Waals surface area contributed by atoms with Crippen LogP contribution in [0.15, 0.2) is 47.7 Å². The van der Waals surface area contributed by atoms with Gasteiger partial charge in [0.2, 0.25) is 0 Å². The third kappa shape index (κ3) is 8.89. The Hall–Kier alpha value is -3.21. The number of aliphatic hydroxyl groups is 2. The van der Waals surface area contributed by atoms with Crippen LogP contribution >= 0.6 is 0 Å². The van der Waals surface area contributed by atoms with Crippen molar-refractivity contribution < 1.29 is 44.0 Å². The minimum atomic E-state index is -1.17. The molecule has 10 nitrogen and oxygen atoms in total. The largest absolute Gasteiger partial charge is 0.494 e. The van der Waals surface area contributed by atoms with Crippen LogP contribution in [0.1, 0.15) is 71.8 Å². The average Bonchev–Trinajstić information content (AvgIpc) is 2.94. The fourth-order valence-corrected chi connectivity index (χ4v) is 5.66. The Morgan fingerprint density at radius 3 is 2.57 bits per heavy atom. The van der Waals surface area contributed by atoms with Gasteiger partial charge in [-0.1, -0.05) is 45.0 Å². The molecule has 7 atom stereocenters. The normalized spacial score (nSPS) is 24.0. The van der Waals surface area contributed by atoms with Crippen molar-refractivity contribution in [3.8, 4) is 5.75 Å². The van der Waals surface area contributed by atoms with Gasteiger partial charge in [0, 0.05) is 23.8 Å². The van der Waals surface area contributed by atoms with Crippen molar-refractivity contribution in [2.75, 3.05) is 6.61 Å². The van der Waals surface area contributed by atoms with Gasteiger partial charge in [-0.3, -0.25) is 24.7 Å². The van der Waals surface area contributed by atoms with Crippen LogP contribution in [0.3, 0.4) is 0 Å². The zero-order valence-electron chi connectivity index (χ0n) is 25.0. The minimum absolute atomic E-state index is 0.0741. The molecule has 0 spiro atoms. The van der Waals surface area contributed by atoms with Gasteiger partial charge in [0.25, 0.3) is 0 Å². The van der Waals surface area contributed by atoms with E-state index in [1.807, 2.05) is 58.0 Å². The standard InChI is InChI=1S/C32H45NO9/c1-5-19(3)32(39)42-29-14-13-26(33-41-18-21-9-7-8-10-28(21)40-6-2)25-17-27(36)20(4)24(31(25)29)12-11-22(34)15-23(35)16-30(37)38/h7-10,13,17,19-20,22-24,29,31,33-35H,5-6,11-12,14-16,18H2,1-4H3,(H,37,38). The van der Waals surface area contributed by atoms with Gasteiger partial charge in [0.05, 0.1) is 36.9 Å². The van der Waals surface area contributed by atoms with Crippen LogP contribution in [0.2, 0.25) is 0 Å². The van der Waals surface area contributed by atoms with Crippen LogP contribution in [-0.4, -0.2) is 58.0 Å². The third-order valence-corrected chi connectivity index (χ3v) is 8.23. The monoisotopic (exact) mass is 587 g/mol. The summed E-state index contributed by atoms with van der Waals surface area (Å²) in [7, 11) is 0. The molecule has 10 heteroatoms. The highest BCUT2D eigenvalue weighted by atomic mass is 16.6. The molecule has 1 aromatic rings. The minimum Gasteiger partial charge on any atom is -0.494 e. The molecule has 3 rings (SSSR count). The Balaban J connectivity index is 1.80. The number of esters is 1. The summed E-state index contributed by atoms with van der Waals surface area (Å²) in [4.78, 5) is 42.8. The number of rotatable bonds is 16. The molecule has 2 aliphatic carbocycles. The molecular weight excluding hydrogens is 542 g/mol. The summed E-state index contributed by atoms with van der Waals surface area (Å²) < 4.78 is 11.7. The third-order valence-electron chi connectivity index (χ3n) is 8.23. The summed E-state index contributed by atoms with van der Waals surface area (Å²) in [5.74, 6) is -2.03. The number of carboxylic acids is 1. The lowest BCUT2D eigenvalue weighted by Gasteiger charge is -2.43. The fourth-order valence-electron chi connectivity index (χ4n) is 5.66. The number of carbonyl (C=O) groups excluding carboxylic acids is 2. The van der Waals surface area contributed by atoms with Crippen LogP contribution in [0.5, 0.6) is 5.75 Å². The number of hydrogen-bond donors (Lipinski definition) is 4. The van der Waals surface area contributed by atoms with Crippen molar-refractivity contribution in [1.82, 2.24) is 5.48 Å². The average molecular weight is 588 g/mol. The van der Waals surface area contributed by atoms with E-state index >= 15 is 0 Å². The van der Waals surface area contributed by atoms with Crippen molar-refractivity contribution in [2.24, 2.45) is 23.7 Å². The van der Waals surface area contributed by atoms with E-state index in [-0.39, 0.29) is 49.0 Å². The second-order valence-electron chi connectivity index (χ2n) is 11.3. The van der Waals surface area contributed by atoms with E-state index in [0.29, 0.717) is 37.1 Å². The summed E-state index contributed by atoms with van der Waals surface area (Å²) in [6.45, 7) is 8.24. The zero-order valence-corrected chi connectivity index (χ0v) is 25.0. The molecule has 0 saturated heterocycles. The first-order valence-corrected chi connectivity index (χ1v) is 14.9. The van der Waals surface area contributed by atoms with Crippen molar-refractivity contribution >= 4 is 17.7 Å². The van der Waals surface area contributed by atoms with Crippen LogP contribution in [0.4, 0.5) is 0 Å². The highest BCUT2D eigenvalue weighted by molar-refractivity contribution is 5.94. The molecule has 4 N–H and O–H groups in total. The molecule has 7 unspecified atom stereocenters. The SMILES string of the molecule is CCOc1ccccc1CONC1=CCC(OC(=O)C(C)CC)C2C1=CC(=O)C(C)C2CCC(O)CC(O)CC(=O)O. The first kappa shape index (κ1) is 33.3. The molecule has 0 saturated carbocycles. The molecule has 0 bridgehead atoms. The lowest BCUT2D eigenvalue weighted by atomic mass is 9.64. The number of ketones is 1. The van der Waals surface area contributed by atoms with Gasteiger partial charge in [-0.15, -0.1) is 0 Å². The second-order valence-corrected chi connectivity index (χ2v) is 11.3. The summed E-state index contributed by atoms with van der Waals surface area (Å²) in [5, 5.41) is 29.5. The number of ether oxygens (including phenoxy) is 2. The number of nitrogens with one attached hydrogen (secondary N) is 1. The van der Waals surface area contributed by atoms with Gasteiger partial charge in [0.1, 0.15) is 18.5 Å². The van der Waals surface area contributed by atoms with E-state index in [4.69, 9.17) is 19.4 Å². The van der Waals surface area contributed by atoms with Gasteiger partial charge in [-0.05, 0) is 56.2 Å². The maximum Gasteiger partial charge on any atom is 0.308 e. The van der Waals surface area contributed by atoms with Crippen LogP contribution in [-0.2, 0) is 30.6 Å². The van der Waals surface area contributed by atoms with E-state index < -0.39 is 36.6 Å². The van der Waals surface area contributed by atoms with Gasteiger partial charge >= 0.3 is 11.9 Å². The highest BCUT2D eigenvalue weighted by Gasteiger charge is 2.45. The van der Waals surface area contributed by atoms with E-state index in [2.05, 4.69) is 5.48 Å². The predicted molar refractivity (Wildman–Crippen MR) is 155 cm³/mol. The van der Waals surface area contributed by atoms with E-state index in [9.17, 15) is 24.6 Å². The van der Waals surface area contributed by atoms with Crippen molar-refractivity contribution in [3.63, 3.8) is 0 Å². The summed E-state index contributed by atoms with van der Waals surface area (Å²) in [6, 6.07) is 7.57. The molecule has 0 amide bonds. The lowest BCUT2D eigenvalue weighted by Crippen LogP contribution is -2.45. The fraction of sp³-hybridized carbons (Fsp3) is 0.594. The number of fused-ring (bicyclic) bond motifs is 1. The molecular formula is C32H45NO9. The van der Waals surface area contributed by atoms with Gasteiger partial charge < -0.3 is 24.8 Å². The Morgan fingerprint density at radius 1 is 1.14 bits per heavy atom. The second kappa shape index (κ2) is 15.9. The van der Waals surface area contributed by atoms with Gasteiger partial charge in [-0.2, -0.15) is 0 Å². The van der Waals surface area contributed by atoms with Crippen LogP contribution in [0, 0.1) is 23.7 Å². The van der Waals surface area contributed by atoms with Crippen LogP contribution in [0.25, 0.3) is 0 Å². The van der Waals surface area contributed by atoms with Gasteiger partial charge in [0.15, 0.2) is 5.78 Å². The van der Waals surface area contributed by atoms with Crippen LogP contribution < -0.4 is 10.2 Å². The van der Waals surface area contributed by atoms with Crippen molar-refractivity contribution in [2.45, 2.75) is 91.1 Å². The molecule has 1 aromatic carbocycles. The molecule has 0 fully saturated rings. The molecule has 0 aliphatic heterocycles. The topological polar surface area (TPSA) is 152 Å². The molecule has 0 radical (unpaired) electrons. The Morgan fingerprint density at radius 2 is 1.88 bits per heavy atom.